The molecule has 0 radical (unpaired) electrons. The maximum absolute atomic E-state index is 7.24. The first kappa shape index (κ1) is 12.8. The first-order valence-electron chi connectivity index (χ1n) is 4.09. The predicted molar refractivity (Wildman–Crippen MR) is 53.3 cm³/mol. The van der Waals surface area contributed by atoms with Gasteiger partial charge in [-0.15, -0.1) is 0 Å². The van der Waals surface area contributed by atoms with Crippen LogP contribution in [0.1, 0.15) is 34.1 Å². The van der Waals surface area contributed by atoms with Gasteiger partial charge in [-0.3, -0.25) is 0 Å². The Balaban J connectivity index is 0. The average molecular weight is 153 g/mol. The number of rotatable bonds is 3. The van der Waals surface area contributed by atoms with E-state index in [1.807, 2.05) is 26.8 Å². The second-order valence-electron chi connectivity index (χ2n) is 1.91. The van der Waals surface area contributed by atoms with Crippen LogP contribution in [-0.4, -0.2) is 5.71 Å². The van der Waals surface area contributed by atoms with Crippen molar-refractivity contribution in [3.05, 3.63) is 24.3 Å². The van der Waals surface area contributed by atoms with Crippen LogP contribution < -0.4 is 0 Å². The first-order valence-corrected chi connectivity index (χ1v) is 4.09. The molecule has 11 heavy (non-hydrogen) atoms. The third-order valence-electron chi connectivity index (χ3n) is 1.18. The number of allylic oxidation sites excluding steroid dienone is 3. The zero-order chi connectivity index (χ0) is 9.28. The summed E-state index contributed by atoms with van der Waals surface area (Å²) in [4.78, 5) is 0. The summed E-state index contributed by atoms with van der Waals surface area (Å²) in [6.07, 6.45) is 4.51. The van der Waals surface area contributed by atoms with Crippen molar-refractivity contribution >= 4 is 5.71 Å². The van der Waals surface area contributed by atoms with E-state index in [1.165, 1.54) is 0 Å². The van der Waals surface area contributed by atoms with Crippen molar-refractivity contribution in [2.24, 2.45) is 0 Å². The van der Waals surface area contributed by atoms with Gasteiger partial charge in [-0.1, -0.05) is 39.5 Å². The maximum Gasteiger partial charge on any atom is 0.0314 e. The van der Waals surface area contributed by atoms with E-state index in [4.69, 9.17) is 5.41 Å². The van der Waals surface area contributed by atoms with Gasteiger partial charge in [0.05, 0.1) is 0 Å². The van der Waals surface area contributed by atoms with Gasteiger partial charge in [0.15, 0.2) is 0 Å². The van der Waals surface area contributed by atoms with Gasteiger partial charge in [0.25, 0.3) is 0 Å². The van der Waals surface area contributed by atoms with Gasteiger partial charge < -0.3 is 5.41 Å². The van der Waals surface area contributed by atoms with Gasteiger partial charge in [0, 0.05) is 5.71 Å². The topological polar surface area (TPSA) is 23.9 Å². The van der Waals surface area contributed by atoms with E-state index < -0.39 is 0 Å². The highest BCUT2D eigenvalue weighted by Crippen LogP contribution is 2.01. The Labute approximate surface area is 70.3 Å². The molecule has 0 unspecified atom stereocenters. The lowest BCUT2D eigenvalue weighted by Gasteiger charge is -1.97. The zero-order valence-corrected chi connectivity index (χ0v) is 8.07. The fourth-order valence-electron chi connectivity index (χ4n) is 0.650. The van der Waals surface area contributed by atoms with E-state index in [0.717, 1.165) is 12.0 Å². The summed E-state index contributed by atoms with van der Waals surface area (Å²) in [5.74, 6) is 0. The highest BCUT2D eigenvalue weighted by Gasteiger charge is 1.91. The predicted octanol–water partition coefficient (Wildman–Crippen LogP) is 3.57. The minimum atomic E-state index is 0.636. The van der Waals surface area contributed by atoms with Crippen molar-refractivity contribution in [2.75, 3.05) is 0 Å². The van der Waals surface area contributed by atoms with Crippen molar-refractivity contribution in [3.63, 3.8) is 0 Å². The molecule has 0 amide bonds. The van der Waals surface area contributed by atoms with Crippen LogP contribution in [0.4, 0.5) is 0 Å². The lowest BCUT2D eigenvalue weighted by molar-refractivity contribution is 1.16. The van der Waals surface area contributed by atoms with Crippen LogP contribution in [-0.2, 0) is 0 Å². The fourth-order valence-corrected chi connectivity index (χ4v) is 0.650. The van der Waals surface area contributed by atoms with E-state index in [9.17, 15) is 0 Å². The highest BCUT2D eigenvalue weighted by atomic mass is 14.4. The van der Waals surface area contributed by atoms with Crippen LogP contribution in [0.2, 0.25) is 0 Å². The second kappa shape index (κ2) is 9.15. The molecule has 0 heterocycles. The fraction of sp³-hybridized carbons (Fsp3) is 0.500. The number of hydrogen-bond acceptors (Lipinski definition) is 1. The molecule has 0 aliphatic carbocycles. The highest BCUT2D eigenvalue weighted by molar-refractivity contribution is 5.95. The summed E-state index contributed by atoms with van der Waals surface area (Å²) < 4.78 is 0. The van der Waals surface area contributed by atoms with E-state index in [-0.39, 0.29) is 0 Å². The Morgan fingerprint density at radius 3 is 2.00 bits per heavy atom. The molecule has 1 nitrogen and oxygen atoms in total. The van der Waals surface area contributed by atoms with Gasteiger partial charge in [-0.2, -0.15) is 0 Å². The van der Waals surface area contributed by atoms with Crippen LogP contribution >= 0.6 is 0 Å². The van der Waals surface area contributed by atoms with Crippen molar-refractivity contribution in [2.45, 2.75) is 34.1 Å². The molecule has 1 N–H and O–H groups in total. The Bertz CT molecular complexity index is 143. The summed E-state index contributed by atoms with van der Waals surface area (Å²) in [6.45, 7) is 11.4. The van der Waals surface area contributed by atoms with Gasteiger partial charge in [-0.25, -0.2) is 0 Å². The second-order valence-corrected chi connectivity index (χ2v) is 1.91. The van der Waals surface area contributed by atoms with Crippen LogP contribution in [0.3, 0.4) is 0 Å². The molecule has 0 aromatic rings. The van der Waals surface area contributed by atoms with Crippen LogP contribution in [0.15, 0.2) is 24.3 Å². The molecule has 0 rings (SSSR count). The lowest BCUT2D eigenvalue weighted by Crippen LogP contribution is -1.91. The SMILES string of the molecule is C=C/C=C(/CC)C(C)=N.CC. The van der Waals surface area contributed by atoms with Crippen molar-refractivity contribution in [1.82, 2.24) is 0 Å². The molecule has 0 aliphatic rings. The summed E-state index contributed by atoms with van der Waals surface area (Å²) in [5.41, 5.74) is 1.70. The lowest BCUT2D eigenvalue weighted by atomic mass is 10.1. The molecular weight excluding hydrogens is 134 g/mol. The Morgan fingerprint density at radius 2 is 1.91 bits per heavy atom. The third-order valence-corrected chi connectivity index (χ3v) is 1.18. The quantitative estimate of drug-likeness (QED) is 0.473. The Morgan fingerprint density at radius 1 is 1.45 bits per heavy atom. The molecule has 0 aromatic heterocycles. The summed E-state index contributed by atoms with van der Waals surface area (Å²) in [5, 5.41) is 7.24. The minimum absolute atomic E-state index is 0.636. The normalized spacial score (nSPS) is 9.64. The van der Waals surface area contributed by atoms with Gasteiger partial charge in [-0.05, 0) is 18.9 Å². The van der Waals surface area contributed by atoms with E-state index >= 15 is 0 Å². The van der Waals surface area contributed by atoms with E-state index in [0.29, 0.717) is 5.71 Å². The van der Waals surface area contributed by atoms with Crippen molar-refractivity contribution in [1.29, 1.82) is 5.41 Å². The molecule has 64 valence electrons. The molecule has 0 bridgehead atoms. The molecule has 0 aromatic carbocycles. The van der Waals surface area contributed by atoms with Crippen molar-refractivity contribution < 1.29 is 0 Å². The molecule has 0 saturated heterocycles. The molecule has 0 spiro atoms. The Kier molecular flexibility index (Phi) is 10.6. The van der Waals surface area contributed by atoms with Crippen LogP contribution in [0.5, 0.6) is 0 Å². The van der Waals surface area contributed by atoms with Crippen LogP contribution in [0, 0.1) is 5.41 Å². The molecule has 1 heteroatoms. The van der Waals surface area contributed by atoms with Gasteiger partial charge in [0.1, 0.15) is 0 Å². The standard InChI is InChI=1S/C8H13N.C2H6/c1-4-6-8(5-2)7(3)9;1-2/h4,6,9H,1,5H2,2-3H3;1-2H3/b8-6-,9-7?;. The molecule has 0 saturated carbocycles. The third kappa shape index (κ3) is 7.04. The molecule has 0 atom stereocenters. The Hall–Kier alpha value is -0.850. The van der Waals surface area contributed by atoms with Crippen molar-refractivity contribution in [3.8, 4) is 0 Å². The summed E-state index contributed by atoms with van der Waals surface area (Å²) in [6, 6.07) is 0. The van der Waals surface area contributed by atoms with E-state index in [2.05, 4.69) is 6.58 Å². The molecule has 0 aliphatic heterocycles. The van der Waals surface area contributed by atoms with Gasteiger partial charge >= 0.3 is 0 Å². The summed E-state index contributed by atoms with van der Waals surface area (Å²) >= 11 is 0. The number of hydrogen-bond donors (Lipinski definition) is 1. The first-order chi connectivity index (χ1) is 5.22. The molecule has 0 fully saturated rings. The monoisotopic (exact) mass is 153 g/mol. The number of nitrogens with one attached hydrogen (secondary N) is 1. The average Bonchev–Trinajstić information content (AvgIpc) is 2.03. The molecular formula is C10H19N. The summed E-state index contributed by atoms with van der Waals surface area (Å²) in [7, 11) is 0. The van der Waals surface area contributed by atoms with Crippen LogP contribution in [0.25, 0.3) is 0 Å². The van der Waals surface area contributed by atoms with Gasteiger partial charge in [0.2, 0.25) is 0 Å². The smallest absolute Gasteiger partial charge is 0.0314 e. The largest absolute Gasteiger partial charge is 0.305 e. The van der Waals surface area contributed by atoms with E-state index in [1.54, 1.807) is 13.0 Å². The minimum Gasteiger partial charge on any atom is -0.305 e. The zero-order valence-electron chi connectivity index (χ0n) is 8.07. The maximum atomic E-state index is 7.24.